The van der Waals surface area contributed by atoms with Crippen LogP contribution >= 0.6 is 23.1 Å². The summed E-state index contributed by atoms with van der Waals surface area (Å²) in [5.74, 6) is 2.57. The molecule has 0 spiro atoms. The van der Waals surface area contributed by atoms with Gasteiger partial charge in [0.2, 0.25) is 16.9 Å². The van der Waals surface area contributed by atoms with Crippen molar-refractivity contribution >= 4 is 23.1 Å². The molecule has 0 bridgehead atoms. The van der Waals surface area contributed by atoms with Crippen LogP contribution in [-0.4, -0.2) is 25.3 Å². The number of hydrogen-bond donors (Lipinski definition) is 1. The average Bonchev–Trinajstić information content (AvgIpc) is 3.36. The Kier molecular flexibility index (Phi) is 4.62. The highest BCUT2D eigenvalue weighted by Gasteiger charge is 2.12. The summed E-state index contributed by atoms with van der Waals surface area (Å²) in [6.45, 7) is 2.03. The molecule has 3 heterocycles. The van der Waals surface area contributed by atoms with Gasteiger partial charge < -0.3 is 4.52 Å². The van der Waals surface area contributed by atoms with Crippen molar-refractivity contribution in [2.45, 2.75) is 24.3 Å². The fraction of sp³-hybridized carbons (Fsp3) is 0.176. The van der Waals surface area contributed by atoms with Crippen LogP contribution in [0.2, 0.25) is 0 Å². The normalized spacial score (nSPS) is 11.1. The summed E-state index contributed by atoms with van der Waals surface area (Å²) in [6, 6.07) is 12.1. The van der Waals surface area contributed by atoms with Gasteiger partial charge >= 0.3 is 0 Å². The first-order chi connectivity index (χ1) is 12.3. The van der Waals surface area contributed by atoms with Crippen molar-refractivity contribution in [3.8, 4) is 11.4 Å². The van der Waals surface area contributed by atoms with Gasteiger partial charge in [0.1, 0.15) is 5.82 Å². The van der Waals surface area contributed by atoms with Gasteiger partial charge in [-0.25, -0.2) is 4.98 Å². The van der Waals surface area contributed by atoms with Gasteiger partial charge in [-0.05, 0) is 23.9 Å². The van der Waals surface area contributed by atoms with Crippen LogP contribution in [0.25, 0.3) is 11.4 Å². The quantitative estimate of drug-likeness (QED) is 0.515. The lowest BCUT2D eigenvalue weighted by molar-refractivity contribution is 0.391. The first-order valence-corrected chi connectivity index (χ1v) is 9.59. The lowest BCUT2D eigenvalue weighted by atomic mass is 10.1. The Labute approximate surface area is 152 Å². The molecule has 0 radical (unpaired) electrons. The highest BCUT2D eigenvalue weighted by atomic mass is 32.2. The molecule has 0 aliphatic carbocycles. The van der Waals surface area contributed by atoms with Crippen molar-refractivity contribution in [1.82, 2.24) is 25.3 Å². The zero-order chi connectivity index (χ0) is 17.1. The predicted octanol–water partition coefficient (Wildman–Crippen LogP) is 4.11. The molecule has 0 saturated heterocycles. The third kappa shape index (κ3) is 3.80. The van der Waals surface area contributed by atoms with Crippen LogP contribution in [0.1, 0.15) is 22.2 Å². The minimum Gasteiger partial charge on any atom is -0.338 e. The van der Waals surface area contributed by atoms with Crippen molar-refractivity contribution in [2.24, 2.45) is 0 Å². The van der Waals surface area contributed by atoms with E-state index in [1.807, 2.05) is 37.3 Å². The molecule has 0 aliphatic heterocycles. The molecule has 4 rings (SSSR count). The molecule has 25 heavy (non-hydrogen) atoms. The molecule has 1 N–H and O–H groups in total. The maximum Gasteiger partial charge on any atom is 0.237 e. The molecule has 0 atom stereocenters. The van der Waals surface area contributed by atoms with Gasteiger partial charge in [-0.2, -0.15) is 4.98 Å². The van der Waals surface area contributed by atoms with Crippen LogP contribution in [0.5, 0.6) is 0 Å². The fourth-order valence-electron chi connectivity index (χ4n) is 2.37. The number of benzene rings is 1. The van der Waals surface area contributed by atoms with Crippen LogP contribution in [0, 0.1) is 6.92 Å². The number of rotatable bonds is 6. The largest absolute Gasteiger partial charge is 0.338 e. The van der Waals surface area contributed by atoms with Crippen LogP contribution in [0.4, 0.5) is 0 Å². The second kappa shape index (κ2) is 7.20. The van der Waals surface area contributed by atoms with Gasteiger partial charge in [-0.1, -0.05) is 47.3 Å². The Hall–Kier alpha value is -2.45. The van der Waals surface area contributed by atoms with Crippen molar-refractivity contribution < 1.29 is 4.52 Å². The molecule has 0 amide bonds. The Bertz CT molecular complexity index is 961. The summed E-state index contributed by atoms with van der Waals surface area (Å²) in [5.41, 5.74) is 2.10. The molecular weight excluding hydrogens is 354 g/mol. The van der Waals surface area contributed by atoms with E-state index in [1.54, 1.807) is 11.3 Å². The van der Waals surface area contributed by atoms with E-state index in [9.17, 15) is 0 Å². The number of nitrogens with zero attached hydrogens (tertiary/aromatic N) is 4. The third-order valence-corrected chi connectivity index (χ3v) is 5.32. The molecule has 3 aromatic heterocycles. The summed E-state index contributed by atoms with van der Waals surface area (Å²) in [5, 5.41) is 14.0. The number of aromatic nitrogens is 5. The van der Waals surface area contributed by atoms with E-state index in [1.165, 1.54) is 16.6 Å². The summed E-state index contributed by atoms with van der Waals surface area (Å²) in [4.78, 5) is 10.2. The molecule has 0 unspecified atom stereocenters. The van der Waals surface area contributed by atoms with Gasteiger partial charge in [0.15, 0.2) is 0 Å². The van der Waals surface area contributed by atoms with E-state index in [4.69, 9.17) is 4.52 Å². The van der Waals surface area contributed by atoms with E-state index in [0.29, 0.717) is 22.6 Å². The molecule has 1 aromatic carbocycles. The number of thioether (sulfide) groups is 1. The second-order valence-corrected chi connectivity index (χ2v) is 7.41. The van der Waals surface area contributed by atoms with Gasteiger partial charge in [0, 0.05) is 16.9 Å². The number of aromatic amines is 1. The van der Waals surface area contributed by atoms with Gasteiger partial charge in [-0.3, -0.25) is 5.10 Å². The highest BCUT2D eigenvalue weighted by Crippen LogP contribution is 2.23. The number of aryl methyl sites for hydroxylation is 1. The van der Waals surface area contributed by atoms with Gasteiger partial charge in [0.25, 0.3) is 0 Å². The minimum atomic E-state index is 0.537. The van der Waals surface area contributed by atoms with Crippen molar-refractivity contribution in [3.63, 3.8) is 0 Å². The number of nitrogens with one attached hydrogen (secondary N) is 1. The number of H-pyrrole nitrogens is 1. The Morgan fingerprint density at radius 3 is 2.92 bits per heavy atom. The van der Waals surface area contributed by atoms with E-state index in [-0.39, 0.29) is 0 Å². The van der Waals surface area contributed by atoms with E-state index < -0.39 is 0 Å². The maximum absolute atomic E-state index is 5.34. The van der Waals surface area contributed by atoms with Crippen LogP contribution < -0.4 is 0 Å². The monoisotopic (exact) mass is 369 g/mol. The number of thiophene rings is 1. The fourth-order valence-corrected chi connectivity index (χ4v) is 3.74. The van der Waals surface area contributed by atoms with E-state index >= 15 is 0 Å². The molecule has 4 aromatic rings. The van der Waals surface area contributed by atoms with Gasteiger partial charge in [-0.15, -0.1) is 16.4 Å². The zero-order valence-corrected chi connectivity index (χ0v) is 15.1. The van der Waals surface area contributed by atoms with E-state index in [0.717, 1.165) is 23.4 Å². The highest BCUT2D eigenvalue weighted by molar-refractivity contribution is 7.98. The van der Waals surface area contributed by atoms with Gasteiger partial charge in [0.05, 0.1) is 5.75 Å². The topological polar surface area (TPSA) is 80.5 Å². The smallest absolute Gasteiger partial charge is 0.237 e. The van der Waals surface area contributed by atoms with Crippen molar-refractivity contribution in [3.05, 3.63) is 63.9 Å². The Morgan fingerprint density at radius 2 is 2.08 bits per heavy atom. The van der Waals surface area contributed by atoms with Crippen molar-refractivity contribution in [1.29, 1.82) is 0 Å². The molecule has 6 nitrogen and oxygen atoms in total. The molecular formula is C17H15N5OS2. The minimum absolute atomic E-state index is 0.537. The predicted molar refractivity (Wildman–Crippen MR) is 97.5 cm³/mol. The average molecular weight is 369 g/mol. The molecule has 0 saturated carbocycles. The maximum atomic E-state index is 5.34. The first kappa shape index (κ1) is 16.0. The second-order valence-electron chi connectivity index (χ2n) is 5.44. The lowest BCUT2D eigenvalue weighted by Crippen LogP contribution is -1.87. The summed E-state index contributed by atoms with van der Waals surface area (Å²) < 4.78 is 5.34. The summed E-state index contributed by atoms with van der Waals surface area (Å²) in [6.07, 6.45) is 0.767. The summed E-state index contributed by atoms with van der Waals surface area (Å²) in [7, 11) is 0. The molecule has 126 valence electrons. The van der Waals surface area contributed by atoms with Crippen molar-refractivity contribution in [2.75, 3.05) is 0 Å². The van der Waals surface area contributed by atoms with Crippen LogP contribution in [-0.2, 0) is 12.2 Å². The van der Waals surface area contributed by atoms with Crippen LogP contribution in [0.15, 0.2) is 51.5 Å². The molecule has 0 aliphatic rings. The molecule has 0 fully saturated rings. The molecule has 8 heteroatoms. The van der Waals surface area contributed by atoms with Crippen LogP contribution in [0.3, 0.4) is 0 Å². The third-order valence-electron chi connectivity index (χ3n) is 3.61. The Morgan fingerprint density at radius 1 is 1.16 bits per heavy atom. The first-order valence-electron chi connectivity index (χ1n) is 7.73. The SMILES string of the molecule is Cc1ccccc1-c1noc(CSc2n[nH]c(Cc3cccs3)n2)n1. The Balaban J connectivity index is 1.39. The zero-order valence-electron chi connectivity index (χ0n) is 13.5. The lowest BCUT2D eigenvalue weighted by Gasteiger charge is -1.97. The standard InChI is InChI=1S/C17H15N5OS2/c1-11-5-2-3-7-13(11)16-19-15(23-22-16)10-25-17-18-14(20-21-17)9-12-6-4-8-24-12/h2-8H,9-10H2,1H3,(H,18,20,21). The van der Waals surface area contributed by atoms with E-state index in [2.05, 4.69) is 36.8 Å². The number of hydrogen-bond acceptors (Lipinski definition) is 7. The summed E-state index contributed by atoms with van der Waals surface area (Å²) >= 11 is 3.18.